The van der Waals surface area contributed by atoms with Gasteiger partial charge in [0.2, 0.25) is 0 Å². The minimum Gasteiger partial charge on any atom is -0.494 e. The van der Waals surface area contributed by atoms with Crippen LogP contribution < -0.4 is 10.1 Å². The van der Waals surface area contributed by atoms with E-state index in [4.69, 9.17) is 4.74 Å². The molecule has 0 spiro atoms. The van der Waals surface area contributed by atoms with Crippen LogP contribution in [-0.2, 0) is 0 Å². The van der Waals surface area contributed by atoms with Crippen molar-refractivity contribution in [2.45, 2.75) is 45.6 Å². The maximum absolute atomic E-state index is 5.88. The number of halogens is 1. The Morgan fingerprint density at radius 2 is 2.00 bits per heavy atom. The molecule has 1 saturated carbocycles. The molecular weight excluding hydrogens is 314 g/mol. The molecular formula is C17H26BrNO. The molecule has 2 rings (SSSR count). The van der Waals surface area contributed by atoms with Crippen molar-refractivity contribution in [1.82, 2.24) is 5.32 Å². The highest BCUT2D eigenvalue weighted by Crippen LogP contribution is 2.31. The lowest BCUT2D eigenvalue weighted by atomic mass is 9.77. The number of rotatable bonds is 6. The summed E-state index contributed by atoms with van der Waals surface area (Å²) in [5, 5.41) is 3.65. The third-order valence-corrected chi connectivity index (χ3v) is 4.81. The van der Waals surface area contributed by atoms with Crippen molar-refractivity contribution in [2.75, 3.05) is 13.2 Å². The molecule has 1 aliphatic rings. The Hall–Kier alpha value is -0.540. The monoisotopic (exact) mass is 339 g/mol. The Morgan fingerprint density at radius 3 is 2.70 bits per heavy atom. The SMILES string of the molecule is CCNC1CCC(C)CC1CCOc1ccc(Br)cc1. The van der Waals surface area contributed by atoms with Crippen molar-refractivity contribution >= 4 is 15.9 Å². The summed E-state index contributed by atoms with van der Waals surface area (Å²) in [6, 6.07) is 8.79. The molecule has 2 nitrogen and oxygen atoms in total. The van der Waals surface area contributed by atoms with Gasteiger partial charge < -0.3 is 10.1 Å². The van der Waals surface area contributed by atoms with E-state index in [-0.39, 0.29) is 0 Å². The van der Waals surface area contributed by atoms with Crippen molar-refractivity contribution in [1.29, 1.82) is 0 Å². The molecule has 3 atom stereocenters. The highest BCUT2D eigenvalue weighted by molar-refractivity contribution is 9.10. The third kappa shape index (κ3) is 4.78. The predicted octanol–water partition coefficient (Wildman–Crippen LogP) is 4.63. The Labute approximate surface area is 131 Å². The normalized spacial score (nSPS) is 26.4. The molecule has 0 bridgehead atoms. The molecule has 20 heavy (non-hydrogen) atoms. The van der Waals surface area contributed by atoms with Crippen LogP contribution >= 0.6 is 15.9 Å². The first-order valence-corrected chi connectivity index (χ1v) is 8.60. The minimum absolute atomic E-state index is 0.685. The fraction of sp³-hybridized carbons (Fsp3) is 0.647. The van der Waals surface area contributed by atoms with E-state index in [0.717, 1.165) is 41.6 Å². The molecule has 0 aromatic heterocycles. The number of nitrogens with one attached hydrogen (secondary N) is 1. The minimum atomic E-state index is 0.685. The van der Waals surface area contributed by atoms with Crippen molar-refractivity contribution in [2.24, 2.45) is 11.8 Å². The van der Waals surface area contributed by atoms with Gasteiger partial charge in [-0.3, -0.25) is 0 Å². The van der Waals surface area contributed by atoms with Crippen LogP contribution in [0.4, 0.5) is 0 Å². The fourth-order valence-electron chi connectivity index (χ4n) is 3.21. The van der Waals surface area contributed by atoms with Crippen molar-refractivity contribution in [3.05, 3.63) is 28.7 Å². The Kier molecular flexibility index (Phi) is 6.37. The van der Waals surface area contributed by atoms with Crippen LogP contribution in [0.3, 0.4) is 0 Å². The van der Waals surface area contributed by atoms with E-state index in [2.05, 4.69) is 35.1 Å². The maximum atomic E-state index is 5.88. The molecule has 0 heterocycles. The van der Waals surface area contributed by atoms with E-state index in [1.807, 2.05) is 24.3 Å². The highest BCUT2D eigenvalue weighted by Gasteiger charge is 2.27. The smallest absolute Gasteiger partial charge is 0.119 e. The van der Waals surface area contributed by atoms with E-state index in [1.165, 1.54) is 19.3 Å². The molecule has 1 aromatic rings. The topological polar surface area (TPSA) is 21.3 Å². The van der Waals surface area contributed by atoms with Gasteiger partial charge >= 0.3 is 0 Å². The van der Waals surface area contributed by atoms with Gasteiger partial charge in [0.25, 0.3) is 0 Å². The average Bonchev–Trinajstić information content (AvgIpc) is 2.44. The molecule has 0 aliphatic heterocycles. The summed E-state index contributed by atoms with van der Waals surface area (Å²) in [6.45, 7) is 6.47. The van der Waals surface area contributed by atoms with Crippen LogP contribution in [0.25, 0.3) is 0 Å². The first-order chi connectivity index (χ1) is 9.69. The number of ether oxygens (including phenoxy) is 1. The lowest BCUT2D eigenvalue weighted by molar-refractivity contribution is 0.175. The van der Waals surface area contributed by atoms with Crippen molar-refractivity contribution in [3.8, 4) is 5.75 Å². The van der Waals surface area contributed by atoms with Gasteiger partial charge in [-0.1, -0.05) is 29.8 Å². The van der Waals surface area contributed by atoms with Gasteiger partial charge in [-0.05, 0) is 68.3 Å². The second-order valence-electron chi connectivity index (χ2n) is 5.93. The Morgan fingerprint density at radius 1 is 1.25 bits per heavy atom. The lowest BCUT2D eigenvalue weighted by Gasteiger charge is -2.35. The van der Waals surface area contributed by atoms with E-state index in [9.17, 15) is 0 Å². The molecule has 112 valence electrons. The summed E-state index contributed by atoms with van der Waals surface area (Å²) < 4.78 is 6.97. The molecule has 3 heteroatoms. The second-order valence-corrected chi connectivity index (χ2v) is 6.85. The summed E-state index contributed by atoms with van der Waals surface area (Å²) in [7, 11) is 0. The summed E-state index contributed by atoms with van der Waals surface area (Å²) >= 11 is 3.44. The van der Waals surface area contributed by atoms with Crippen molar-refractivity contribution in [3.63, 3.8) is 0 Å². The number of hydrogen-bond acceptors (Lipinski definition) is 2. The quantitative estimate of drug-likeness (QED) is 0.815. The number of hydrogen-bond donors (Lipinski definition) is 1. The third-order valence-electron chi connectivity index (χ3n) is 4.28. The number of benzene rings is 1. The summed E-state index contributed by atoms with van der Waals surface area (Å²) in [6.07, 6.45) is 5.17. The van der Waals surface area contributed by atoms with E-state index in [1.54, 1.807) is 0 Å². The summed E-state index contributed by atoms with van der Waals surface area (Å²) in [4.78, 5) is 0. The van der Waals surface area contributed by atoms with Gasteiger partial charge in [0.1, 0.15) is 5.75 Å². The molecule has 0 amide bonds. The van der Waals surface area contributed by atoms with Gasteiger partial charge in [-0.15, -0.1) is 0 Å². The van der Waals surface area contributed by atoms with Crippen LogP contribution in [0, 0.1) is 11.8 Å². The summed E-state index contributed by atoms with van der Waals surface area (Å²) in [5.41, 5.74) is 0. The standard InChI is InChI=1S/C17H26BrNO/c1-3-19-17-9-4-13(2)12-14(17)10-11-20-16-7-5-15(18)6-8-16/h5-8,13-14,17,19H,3-4,9-12H2,1-2H3. The van der Waals surface area contributed by atoms with E-state index >= 15 is 0 Å². The molecule has 1 aliphatic carbocycles. The van der Waals surface area contributed by atoms with Crippen LogP contribution in [-0.4, -0.2) is 19.2 Å². The van der Waals surface area contributed by atoms with Crippen LogP contribution in [0.1, 0.15) is 39.5 Å². The van der Waals surface area contributed by atoms with Crippen LogP contribution in [0.2, 0.25) is 0 Å². The van der Waals surface area contributed by atoms with E-state index < -0.39 is 0 Å². The van der Waals surface area contributed by atoms with Gasteiger partial charge in [-0.25, -0.2) is 0 Å². The lowest BCUT2D eigenvalue weighted by Crippen LogP contribution is -2.40. The average molecular weight is 340 g/mol. The predicted molar refractivity (Wildman–Crippen MR) is 88.2 cm³/mol. The van der Waals surface area contributed by atoms with Gasteiger partial charge in [0, 0.05) is 10.5 Å². The fourth-order valence-corrected chi connectivity index (χ4v) is 3.47. The highest BCUT2D eigenvalue weighted by atomic mass is 79.9. The first-order valence-electron chi connectivity index (χ1n) is 7.80. The zero-order chi connectivity index (χ0) is 14.4. The second kappa shape index (κ2) is 8.04. The summed E-state index contributed by atoms with van der Waals surface area (Å²) in [5.74, 6) is 2.59. The van der Waals surface area contributed by atoms with Gasteiger partial charge in [-0.2, -0.15) is 0 Å². The maximum Gasteiger partial charge on any atom is 0.119 e. The van der Waals surface area contributed by atoms with Gasteiger partial charge in [0.15, 0.2) is 0 Å². The Bertz CT molecular complexity index is 392. The molecule has 1 N–H and O–H groups in total. The molecule has 1 fully saturated rings. The van der Waals surface area contributed by atoms with Crippen LogP contribution in [0.15, 0.2) is 28.7 Å². The van der Waals surface area contributed by atoms with Gasteiger partial charge in [0.05, 0.1) is 6.61 Å². The Balaban J connectivity index is 1.79. The molecule has 0 radical (unpaired) electrons. The van der Waals surface area contributed by atoms with Crippen molar-refractivity contribution < 1.29 is 4.74 Å². The molecule has 0 saturated heterocycles. The first kappa shape index (κ1) is 15.8. The zero-order valence-electron chi connectivity index (χ0n) is 12.6. The zero-order valence-corrected chi connectivity index (χ0v) is 14.2. The molecule has 3 unspecified atom stereocenters. The van der Waals surface area contributed by atoms with Crippen LogP contribution in [0.5, 0.6) is 5.75 Å². The molecule has 1 aromatic carbocycles. The van der Waals surface area contributed by atoms with E-state index in [0.29, 0.717) is 6.04 Å². The largest absolute Gasteiger partial charge is 0.494 e.